The monoisotopic (exact) mass is 214 g/mol. The Bertz CT molecular complexity index is 128. The van der Waals surface area contributed by atoms with Gasteiger partial charge in [-0.3, -0.25) is 4.90 Å². The van der Waals surface area contributed by atoms with E-state index in [1.54, 1.807) is 0 Å². The van der Waals surface area contributed by atoms with Gasteiger partial charge in [-0.1, -0.05) is 0 Å². The summed E-state index contributed by atoms with van der Waals surface area (Å²) in [5, 5.41) is 9.77. The Morgan fingerprint density at radius 2 is 1.13 bits per heavy atom. The van der Waals surface area contributed by atoms with Crippen LogP contribution in [-0.2, 0) is 0 Å². The summed E-state index contributed by atoms with van der Waals surface area (Å²) in [5.74, 6) is 0. The molecule has 0 aliphatic carbocycles. The van der Waals surface area contributed by atoms with Crippen molar-refractivity contribution >= 4 is 0 Å². The molecule has 0 aromatic rings. The minimum Gasteiger partial charge on any atom is -0.314 e. The molecule has 0 aromatic carbocycles. The third-order valence-corrected chi connectivity index (χ3v) is 2.84. The van der Waals surface area contributed by atoms with Gasteiger partial charge in [0.2, 0.25) is 0 Å². The van der Waals surface area contributed by atoms with Crippen molar-refractivity contribution in [3.05, 3.63) is 0 Å². The van der Waals surface area contributed by atoms with Gasteiger partial charge in [0.1, 0.15) is 0 Å². The minimum absolute atomic E-state index is 0.729. The zero-order valence-electron chi connectivity index (χ0n) is 10.2. The molecular formula is C11H26N4. The fourth-order valence-corrected chi connectivity index (χ4v) is 1.80. The van der Waals surface area contributed by atoms with Crippen LogP contribution in [-0.4, -0.2) is 63.3 Å². The fraction of sp³-hybridized carbons (Fsp3) is 1.00. The van der Waals surface area contributed by atoms with Gasteiger partial charge in [0.05, 0.1) is 0 Å². The maximum atomic E-state index is 3.33. The number of nitrogens with zero attached hydrogens (tertiary/aromatic N) is 1. The van der Waals surface area contributed by atoms with Crippen molar-refractivity contribution in [1.29, 1.82) is 0 Å². The first-order valence-corrected chi connectivity index (χ1v) is 6.17. The predicted octanol–water partition coefficient (Wildman–Crippen LogP) is -0.521. The van der Waals surface area contributed by atoms with E-state index in [2.05, 4.69) is 34.7 Å². The van der Waals surface area contributed by atoms with Crippen molar-refractivity contribution in [2.24, 2.45) is 0 Å². The molecule has 2 aliphatic rings. The molecule has 0 atom stereocenters. The minimum atomic E-state index is 0.729. The van der Waals surface area contributed by atoms with Gasteiger partial charge in [0, 0.05) is 58.4 Å². The fourth-order valence-electron chi connectivity index (χ4n) is 1.80. The molecule has 3 N–H and O–H groups in total. The van der Waals surface area contributed by atoms with Gasteiger partial charge in [-0.25, -0.2) is 0 Å². The number of nitrogens with one attached hydrogen (secondary N) is 3. The Kier molecular flexibility index (Phi) is 6.92. The molecule has 0 spiro atoms. The highest BCUT2D eigenvalue weighted by molar-refractivity contribution is 4.69. The zero-order valence-corrected chi connectivity index (χ0v) is 10.2. The van der Waals surface area contributed by atoms with E-state index in [0.717, 1.165) is 45.3 Å². The van der Waals surface area contributed by atoms with E-state index in [0.29, 0.717) is 0 Å². The molecule has 2 saturated heterocycles. The van der Waals surface area contributed by atoms with Crippen LogP contribution in [0.25, 0.3) is 0 Å². The van der Waals surface area contributed by atoms with Crippen LogP contribution >= 0.6 is 0 Å². The van der Waals surface area contributed by atoms with Crippen LogP contribution in [0.2, 0.25) is 0 Å². The van der Waals surface area contributed by atoms with Crippen molar-refractivity contribution in [1.82, 2.24) is 20.9 Å². The van der Waals surface area contributed by atoms with E-state index in [1.165, 1.54) is 13.1 Å². The normalized spacial score (nSPS) is 23.4. The standard InChI is InChI=1S/C7H16N2.C4H10N2/c1-7(2)9-5-3-8-4-6-9;1-2-6-4-3-5-1/h7-8H,3-6H2,1-2H3;5-6H,1-4H2. The van der Waals surface area contributed by atoms with Crippen LogP contribution in [0.4, 0.5) is 0 Å². The first-order valence-electron chi connectivity index (χ1n) is 6.17. The van der Waals surface area contributed by atoms with Crippen molar-refractivity contribution in [2.75, 3.05) is 52.4 Å². The van der Waals surface area contributed by atoms with Crippen LogP contribution in [0.1, 0.15) is 13.8 Å². The lowest BCUT2D eigenvalue weighted by Gasteiger charge is -2.30. The number of rotatable bonds is 1. The van der Waals surface area contributed by atoms with Gasteiger partial charge in [-0.05, 0) is 13.8 Å². The van der Waals surface area contributed by atoms with E-state index >= 15 is 0 Å². The van der Waals surface area contributed by atoms with Crippen molar-refractivity contribution < 1.29 is 0 Å². The van der Waals surface area contributed by atoms with Crippen molar-refractivity contribution in [3.63, 3.8) is 0 Å². The SMILES string of the molecule is C1CNCCN1.CC(C)N1CCNCC1. The Hall–Kier alpha value is -0.160. The summed E-state index contributed by atoms with van der Waals surface area (Å²) >= 11 is 0. The van der Waals surface area contributed by atoms with Crippen LogP contribution in [0.3, 0.4) is 0 Å². The van der Waals surface area contributed by atoms with E-state index in [1.807, 2.05) is 0 Å². The van der Waals surface area contributed by atoms with E-state index < -0.39 is 0 Å². The molecule has 0 amide bonds. The Morgan fingerprint density at radius 3 is 1.40 bits per heavy atom. The summed E-state index contributed by atoms with van der Waals surface area (Å²) in [4.78, 5) is 2.50. The van der Waals surface area contributed by atoms with Crippen molar-refractivity contribution in [2.45, 2.75) is 19.9 Å². The Morgan fingerprint density at radius 1 is 0.733 bits per heavy atom. The lowest BCUT2D eigenvalue weighted by atomic mass is 10.3. The highest BCUT2D eigenvalue weighted by Crippen LogP contribution is 1.97. The second-order valence-electron chi connectivity index (χ2n) is 4.38. The van der Waals surface area contributed by atoms with Crippen LogP contribution in [0.5, 0.6) is 0 Å². The highest BCUT2D eigenvalue weighted by Gasteiger charge is 2.11. The first-order chi connectivity index (χ1) is 7.30. The second-order valence-corrected chi connectivity index (χ2v) is 4.38. The molecular weight excluding hydrogens is 188 g/mol. The predicted molar refractivity (Wildman–Crippen MR) is 65.3 cm³/mol. The molecule has 0 aromatic heterocycles. The molecule has 2 heterocycles. The molecule has 0 unspecified atom stereocenters. The van der Waals surface area contributed by atoms with Crippen molar-refractivity contribution in [3.8, 4) is 0 Å². The molecule has 0 radical (unpaired) electrons. The molecule has 4 nitrogen and oxygen atoms in total. The molecule has 4 heteroatoms. The topological polar surface area (TPSA) is 39.3 Å². The van der Waals surface area contributed by atoms with Gasteiger partial charge in [-0.15, -0.1) is 0 Å². The van der Waals surface area contributed by atoms with Crippen LogP contribution in [0, 0.1) is 0 Å². The molecule has 0 saturated carbocycles. The first kappa shape index (κ1) is 12.9. The molecule has 2 rings (SSSR count). The Balaban J connectivity index is 0.000000162. The van der Waals surface area contributed by atoms with E-state index in [-0.39, 0.29) is 0 Å². The van der Waals surface area contributed by atoms with Gasteiger partial charge >= 0.3 is 0 Å². The summed E-state index contributed by atoms with van der Waals surface area (Å²) < 4.78 is 0. The largest absolute Gasteiger partial charge is 0.314 e. The molecule has 2 fully saturated rings. The maximum Gasteiger partial charge on any atom is 0.0110 e. The average Bonchev–Trinajstić information content (AvgIpc) is 2.33. The second kappa shape index (κ2) is 8.05. The molecule has 90 valence electrons. The number of piperazine rings is 2. The highest BCUT2D eigenvalue weighted by atomic mass is 15.2. The zero-order chi connectivity index (χ0) is 10.9. The van der Waals surface area contributed by atoms with Gasteiger partial charge in [0.15, 0.2) is 0 Å². The van der Waals surface area contributed by atoms with Crippen LogP contribution in [0.15, 0.2) is 0 Å². The van der Waals surface area contributed by atoms with Gasteiger partial charge in [-0.2, -0.15) is 0 Å². The smallest absolute Gasteiger partial charge is 0.0110 e. The summed E-state index contributed by atoms with van der Waals surface area (Å²) in [7, 11) is 0. The quantitative estimate of drug-likeness (QED) is 0.549. The average molecular weight is 214 g/mol. The summed E-state index contributed by atoms with van der Waals surface area (Å²) in [5.41, 5.74) is 0. The molecule has 0 bridgehead atoms. The van der Waals surface area contributed by atoms with Gasteiger partial charge in [0.25, 0.3) is 0 Å². The lowest BCUT2D eigenvalue weighted by molar-refractivity contribution is 0.196. The number of hydrogen-bond acceptors (Lipinski definition) is 4. The van der Waals surface area contributed by atoms with E-state index in [9.17, 15) is 0 Å². The van der Waals surface area contributed by atoms with E-state index in [4.69, 9.17) is 0 Å². The number of hydrogen-bond donors (Lipinski definition) is 3. The maximum absolute atomic E-state index is 3.33. The summed E-state index contributed by atoms with van der Waals surface area (Å²) in [6.45, 7) is 13.8. The molecule has 2 aliphatic heterocycles. The third-order valence-electron chi connectivity index (χ3n) is 2.84. The third kappa shape index (κ3) is 6.10. The summed E-state index contributed by atoms with van der Waals surface area (Å²) in [6, 6.07) is 0.729. The Labute approximate surface area is 93.8 Å². The lowest BCUT2D eigenvalue weighted by Crippen LogP contribution is -2.46. The molecule has 15 heavy (non-hydrogen) atoms. The summed E-state index contributed by atoms with van der Waals surface area (Å²) in [6.07, 6.45) is 0. The van der Waals surface area contributed by atoms with Gasteiger partial charge < -0.3 is 16.0 Å². The van der Waals surface area contributed by atoms with Crippen LogP contribution < -0.4 is 16.0 Å².